The molecule has 0 aliphatic heterocycles. The Bertz CT molecular complexity index is 511. The highest BCUT2D eigenvalue weighted by atomic mass is 32.2. The molecule has 0 aromatic heterocycles. The fourth-order valence-electron chi connectivity index (χ4n) is 1.48. The molecule has 68 valence electrons. The molecule has 0 fully saturated rings. The molecule has 2 aromatic carbocycles. The summed E-state index contributed by atoms with van der Waals surface area (Å²) in [7, 11) is 0. The van der Waals surface area contributed by atoms with Gasteiger partial charge in [-0.1, -0.05) is 24.3 Å². The minimum atomic E-state index is 0.760. The van der Waals surface area contributed by atoms with Gasteiger partial charge in [-0.15, -0.1) is 11.8 Å². The summed E-state index contributed by atoms with van der Waals surface area (Å²) in [5, 5.41) is 11.3. The van der Waals surface area contributed by atoms with E-state index in [1.54, 1.807) is 11.8 Å². The van der Waals surface area contributed by atoms with E-state index in [1.165, 1.54) is 5.39 Å². The Morgan fingerprint density at radius 1 is 1.14 bits per heavy atom. The van der Waals surface area contributed by atoms with Crippen LogP contribution in [0.4, 0.5) is 0 Å². The molecule has 0 spiro atoms. The molecule has 2 rings (SSSR count). The van der Waals surface area contributed by atoms with Crippen LogP contribution in [0.1, 0.15) is 5.56 Å². The van der Waals surface area contributed by atoms with Gasteiger partial charge in [0.2, 0.25) is 0 Å². The molecular formula is C12H9NS. The quantitative estimate of drug-likeness (QED) is 0.657. The molecule has 2 aromatic rings. The molecule has 1 nitrogen and oxygen atoms in total. The molecule has 0 unspecified atom stereocenters. The van der Waals surface area contributed by atoms with Crippen molar-refractivity contribution in [2.75, 3.05) is 6.26 Å². The van der Waals surface area contributed by atoms with E-state index in [-0.39, 0.29) is 0 Å². The van der Waals surface area contributed by atoms with Crippen molar-refractivity contribution in [1.29, 1.82) is 5.26 Å². The van der Waals surface area contributed by atoms with Gasteiger partial charge in [0.1, 0.15) is 6.07 Å². The zero-order chi connectivity index (χ0) is 9.97. The Labute approximate surface area is 87.4 Å². The van der Waals surface area contributed by atoms with E-state index in [9.17, 15) is 0 Å². The Balaban J connectivity index is 2.77. The van der Waals surface area contributed by atoms with E-state index < -0.39 is 0 Å². The monoisotopic (exact) mass is 199 g/mol. The predicted octanol–water partition coefficient (Wildman–Crippen LogP) is 3.43. The first-order valence-corrected chi connectivity index (χ1v) is 5.54. The maximum absolute atomic E-state index is 8.95. The molecule has 0 radical (unpaired) electrons. The standard InChI is InChI=1S/C12H9NS/c1-14-12-7-10-5-3-2-4-9(10)6-11(12)8-13/h2-7H,1H3. The summed E-state index contributed by atoms with van der Waals surface area (Å²) >= 11 is 1.61. The topological polar surface area (TPSA) is 23.8 Å². The maximum atomic E-state index is 8.95. The van der Waals surface area contributed by atoms with Gasteiger partial charge in [0.05, 0.1) is 5.56 Å². The average molecular weight is 199 g/mol. The predicted molar refractivity (Wildman–Crippen MR) is 60.4 cm³/mol. The lowest BCUT2D eigenvalue weighted by atomic mass is 10.1. The zero-order valence-corrected chi connectivity index (χ0v) is 8.64. The number of nitriles is 1. The van der Waals surface area contributed by atoms with Crippen LogP contribution in [0.5, 0.6) is 0 Å². The molecule has 0 bridgehead atoms. The third kappa shape index (κ3) is 1.47. The molecular weight excluding hydrogens is 190 g/mol. The van der Waals surface area contributed by atoms with Crippen LogP contribution in [-0.2, 0) is 0 Å². The Morgan fingerprint density at radius 3 is 2.36 bits per heavy atom. The minimum absolute atomic E-state index is 0.760. The van der Waals surface area contributed by atoms with Gasteiger partial charge in [0.25, 0.3) is 0 Å². The van der Waals surface area contributed by atoms with Gasteiger partial charge in [-0.3, -0.25) is 0 Å². The van der Waals surface area contributed by atoms with Crippen LogP contribution in [0.25, 0.3) is 10.8 Å². The maximum Gasteiger partial charge on any atom is 0.100 e. The Morgan fingerprint density at radius 2 is 1.79 bits per heavy atom. The van der Waals surface area contributed by atoms with Gasteiger partial charge in [-0.05, 0) is 29.2 Å². The van der Waals surface area contributed by atoms with Crippen molar-refractivity contribution in [2.45, 2.75) is 4.90 Å². The molecule has 2 heteroatoms. The first-order valence-electron chi connectivity index (χ1n) is 4.32. The lowest BCUT2D eigenvalue weighted by molar-refractivity contribution is 1.40. The van der Waals surface area contributed by atoms with Crippen LogP contribution in [0.3, 0.4) is 0 Å². The molecule has 0 aliphatic rings. The third-order valence-electron chi connectivity index (χ3n) is 2.19. The summed E-state index contributed by atoms with van der Waals surface area (Å²) < 4.78 is 0. The van der Waals surface area contributed by atoms with Crippen molar-refractivity contribution < 1.29 is 0 Å². The van der Waals surface area contributed by atoms with Crippen LogP contribution in [-0.4, -0.2) is 6.26 Å². The number of benzene rings is 2. The summed E-state index contributed by atoms with van der Waals surface area (Å²) in [6, 6.07) is 14.3. The lowest BCUT2D eigenvalue weighted by Gasteiger charge is -2.02. The molecule has 0 aliphatic carbocycles. The summed E-state index contributed by atoms with van der Waals surface area (Å²) in [6.45, 7) is 0. The molecule has 0 atom stereocenters. The largest absolute Gasteiger partial charge is 0.192 e. The van der Waals surface area contributed by atoms with Crippen molar-refractivity contribution in [2.24, 2.45) is 0 Å². The number of thioether (sulfide) groups is 1. The number of hydrogen-bond acceptors (Lipinski definition) is 2. The summed E-state index contributed by atoms with van der Waals surface area (Å²) in [4.78, 5) is 1.05. The molecule has 0 heterocycles. The average Bonchev–Trinajstić information content (AvgIpc) is 2.27. The van der Waals surface area contributed by atoms with Crippen molar-refractivity contribution in [3.63, 3.8) is 0 Å². The van der Waals surface area contributed by atoms with E-state index in [1.807, 2.05) is 30.5 Å². The summed E-state index contributed by atoms with van der Waals surface area (Å²) in [5.74, 6) is 0. The van der Waals surface area contributed by atoms with Gasteiger partial charge in [0.15, 0.2) is 0 Å². The molecule has 0 saturated heterocycles. The highest BCUT2D eigenvalue weighted by Gasteiger charge is 2.02. The van der Waals surface area contributed by atoms with Crippen molar-refractivity contribution in [1.82, 2.24) is 0 Å². The smallest absolute Gasteiger partial charge is 0.100 e. The molecule has 14 heavy (non-hydrogen) atoms. The Kier molecular flexibility index (Phi) is 2.43. The number of rotatable bonds is 1. The van der Waals surface area contributed by atoms with Crippen LogP contribution in [0.2, 0.25) is 0 Å². The van der Waals surface area contributed by atoms with Crippen LogP contribution < -0.4 is 0 Å². The van der Waals surface area contributed by atoms with Crippen LogP contribution in [0, 0.1) is 11.3 Å². The number of fused-ring (bicyclic) bond motifs is 1. The van der Waals surface area contributed by atoms with Gasteiger partial charge in [0, 0.05) is 4.90 Å². The highest BCUT2D eigenvalue weighted by Crippen LogP contribution is 2.25. The summed E-state index contributed by atoms with van der Waals surface area (Å²) in [6.07, 6.45) is 1.99. The van der Waals surface area contributed by atoms with Gasteiger partial charge < -0.3 is 0 Å². The van der Waals surface area contributed by atoms with Crippen molar-refractivity contribution >= 4 is 22.5 Å². The zero-order valence-electron chi connectivity index (χ0n) is 7.82. The normalized spacial score (nSPS) is 10.0. The molecule has 0 N–H and O–H groups in total. The van der Waals surface area contributed by atoms with E-state index in [0.29, 0.717) is 0 Å². The fourth-order valence-corrected chi connectivity index (χ4v) is 2.04. The molecule has 0 saturated carbocycles. The van der Waals surface area contributed by atoms with Crippen molar-refractivity contribution in [3.8, 4) is 6.07 Å². The van der Waals surface area contributed by atoms with Gasteiger partial charge >= 0.3 is 0 Å². The third-order valence-corrected chi connectivity index (χ3v) is 2.97. The fraction of sp³-hybridized carbons (Fsp3) is 0.0833. The second-order valence-electron chi connectivity index (χ2n) is 3.01. The lowest BCUT2D eigenvalue weighted by Crippen LogP contribution is -1.81. The number of nitrogens with zero attached hydrogens (tertiary/aromatic N) is 1. The second kappa shape index (κ2) is 3.73. The van der Waals surface area contributed by atoms with E-state index in [0.717, 1.165) is 15.8 Å². The van der Waals surface area contributed by atoms with Gasteiger partial charge in [-0.2, -0.15) is 5.26 Å². The van der Waals surface area contributed by atoms with E-state index in [4.69, 9.17) is 5.26 Å². The van der Waals surface area contributed by atoms with Gasteiger partial charge in [-0.25, -0.2) is 0 Å². The van der Waals surface area contributed by atoms with Crippen LogP contribution >= 0.6 is 11.8 Å². The Hall–Kier alpha value is -1.46. The van der Waals surface area contributed by atoms with E-state index >= 15 is 0 Å². The van der Waals surface area contributed by atoms with E-state index in [2.05, 4.69) is 18.2 Å². The number of hydrogen-bond donors (Lipinski definition) is 0. The highest BCUT2D eigenvalue weighted by molar-refractivity contribution is 7.98. The van der Waals surface area contributed by atoms with Crippen molar-refractivity contribution in [3.05, 3.63) is 42.0 Å². The minimum Gasteiger partial charge on any atom is -0.192 e. The first-order chi connectivity index (χ1) is 6.85. The summed E-state index contributed by atoms with van der Waals surface area (Å²) in [5.41, 5.74) is 0.760. The molecule has 0 amide bonds. The van der Waals surface area contributed by atoms with Crippen LogP contribution in [0.15, 0.2) is 41.3 Å². The SMILES string of the molecule is CSc1cc2ccccc2cc1C#N. The first kappa shape index (κ1) is 9.11. The second-order valence-corrected chi connectivity index (χ2v) is 3.86.